The summed E-state index contributed by atoms with van der Waals surface area (Å²) < 4.78 is 1.05. The standard InChI is InChI=1S/C13H9ClN4O3/c14-8-3-1-7(2-4-8)11-15-5-9-12(17-11)18(6-10(19)20)13(21)16-9/h1-5H,6H2,(H,16,21)(H,19,20). The second kappa shape index (κ2) is 5.02. The van der Waals surface area contributed by atoms with Gasteiger partial charge in [-0.25, -0.2) is 14.8 Å². The number of aliphatic carboxylic acids is 1. The van der Waals surface area contributed by atoms with E-state index in [2.05, 4.69) is 15.0 Å². The molecule has 21 heavy (non-hydrogen) atoms. The molecule has 0 saturated heterocycles. The van der Waals surface area contributed by atoms with E-state index in [9.17, 15) is 9.59 Å². The van der Waals surface area contributed by atoms with Gasteiger partial charge in [-0.1, -0.05) is 11.6 Å². The smallest absolute Gasteiger partial charge is 0.328 e. The number of carboxylic acids is 1. The molecular formula is C13H9ClN4O3. The molecule has 0 fully saturated rings. The highest BCUT2D eigenvalue weighted by Gasteiger charge is 2.13. The second-order valence-corrected chi connectivity index (χ2v) is 4.78. The zero-order valence-electron chi connectivity index (χ0n) is 10.6. The molecule has 0 amide bonds. The number of carboxylic acid groups (broad SMARTS) is 1. The quantitative estimate of drug-likeness (QED) is 0.764. The first kappa shape index (κ1) is 13.3. The lowest BCUT2D eigenvalue weighted by Crippen LogP contribution is -2.21. The zero-order chi connectivity index (χ0) is 15.0. The largest absolute Gasteiger partial charge is 0.480 e. The average molecular weight is 305 g/mol. The first-order valence-electron chi connectivity index (χ1n) is 5.98. The number of nitrogens with one attached hydrogen (secondary N) is 1. The number of aromatic amines is 1. The van der Waals surface area contributed by atoms with Crippen LogP contribution in [0.1, 0.15) is 0 Å². The number of fused-ring (bicyclic) bond motifs is 1. The molecule has 0 aliphatic rings. The Bertz CT molecular complexity index is 883. The molecule has 0 saturated carbocycles. The number of rotatable bonds is 3. The second-order valence-electron chi connectivity index (χ2n) is 4.35. The van der Waals surface area contributed by atoms with Gasteiger partial charge in [-0.3, -0.25) is 9.36 Å². The predicted molar refractivity (Wildman–Crippen MR) is 76.2 cm³/mol. The molecule has 7 nitrogen and oxygen atoms in total. The Labute approximate surface area is 122 Å². The van der Waals surface area contributed by atoms with Crippen LogP contribution >= 0.6 is 11.6 Å². The molecule has 1 aromatic carbocycles. The fourth-order valence-electron chi connectivity index (χ4n) is 1.97. The highest BCUT2D eigenvalue weighted by molar-refractivity contribution is 6.30. The summed E-state index contributed by atoms with van der Waals surface area (Å²) in [7, 11) is 0. The minimum Gasteiger partial charge on any atom is -0.480 e. The molecule has 0 aliphatic heterocycles. The van der Waals surface area contributed by atoms with Crippen LogP contribution in [0.15, 0.2) is 35.3 Å². The van der Waals surface area contributed by atoms with Gasteiger partial charge in [-0.15, -0.1) is 0 Å². The van der Waals surface area contributed by atoms with Crippen molar-refractivity contribution in [1.82, 2.24) is 19.5 Å². The molecule has 3 aromatic rings. The van der Waals surface area contributed by atoms with Crippen LogP contribution in [0.5, 0.6) is 0 Å². The van der Waals surface area contributed by atoms with Gasteiger partial charge in [0.05, 0.1) is 6.20 Å². The van der Waals surface area contributed by atoms with Crippen LogP contribution < -0.4 is 5.69 Å². The maximum Gasteiger partial charge on any atom is 0.328 e. The van der Waals surface area contributed by atoms with Crippen LogP contribution in [0.3, 0.4) is 0 Å². The van der Waals surface area contributed by atoms with E-state index in [-0.39, 0.29) is 5.65 Å². The number of aromatic nitrogens is 4. The van der Waals surface area contributed by atoms with E-state index in [0.29, 0.717) is 16.4 Å². The van der Waals surface area contributed by atoms with Crippen molar-refractivity contribution in [2.24, 2.45) is 0 Å². The number of carbonyl (C=O) groups is 1. The van der Waals surface area contributed by atoms with E-state index in [1.165, 1.54) is 6.20 Å². The van der Waals surface area contributed by atoms with Crippen molar-refractivity contribution in [1.29, 1.82) is 0 Å². The first-order valence-corrected chi connectivity index (χ1v) is 6.35. The van der Waals surface area contributed by atoms with Gasteiger partial charge in [-0.05, 0) is 24.3 Å². The maximum atomic E-state index is 11.7. The average Bonchev–Trinajstić information content (AvgIpc) is 2.75. The van der Waals surface area contributed by atoms with E-state index in [0.717, 1.165) is 10.1 Å². The summed E-state index contributed by atoms with van der Waals surface area (Å²) in [6.07, 6.45) is 1.45. The summed E-state index contributed by atoms with van der Waals surface area (Å²) in [6.45, 7) is -0.462. The highest BCUT2D eigenvalue weighted by Crippen LogP contribution is 2.19. The lowest BCUT2D eigenvalue weighted by Gasteiger charge is -2.02. The summed E-state index contributed by atoms with van der Waals surface area (Å²) in [5, 5.41) is 9.44. The topological polar surface area (TPSA) is 101 Å². The van der Waals surface area contributed by atoms with Crippen LogP contribution in [-0.2, 0) is 11.3 Å². The minimum absolute atomic E-state index is 0.252. The number of nitrogens with zero attached hydrogens (tertiary/aromatic N) is 3. The van der Waals surface area contributed by atoms with E-state index >= 15 is 0 Å². The summed E-state index contributed by atoms with van der Waals surface area (Å²) in [5.41, 5.74) is 0.827. The summed E-state index contributed by atoms with van der Waals surface area (Å²) in [5.74, 6) is -0.734. The Morgan fingerprint density at radius 1 is 1.33 bits per heavy atom. The number of halogens is 1. The van der Waals surface area contributed by atoms with Crippen molar-refractivity contribution in [3.8, 4) is 11.4 Å². The molecule has 0 unspecified atom stereocenters. The third-order valence-electron chi connectivity index (χ3n) is 2.91. The molecule has 0 radical (unpaired) electrons. The number of hydrogen-bond donors (Lipinski definition) is 2. The van der Waals surface area contributed by atoms with E-state index < -0.39 is 18.2 Å². The third-order valence-corrected chi connectivity index (χ3v) is 3.16. The third kappa shape index (κ3) is 2.50. The van der Waals surface area contributed by atoms with Crippen molar-refractivity contribution in [3.05, 3.63) is 46.0 Å². The van der Waals surface area contributed by atoms with Gasteiger partial charge in [0.25, 0.3) is 0 Å². The molecule has 3 rings (SSSR count). The number of hydrogen-bond acceptors (Lipinski definition) is 4. The molecule has 2 heterocycles. The Morgan fingerprint density at radius 2 is 2.05 bits per heavy atom. The molecule has 2 aromatic heterocycles. The number of imidazole rings is 1. The van der Waals surface area contributed by atoms with Gasteiger partial charge in [0.2, 0.25) is 0 Å². The van der Waals surface area contributed by atoms with Crippen molar-refractivity contribution >= 4 is 28.7 Å². The molecular weight excluding hydrogens is 296 g/mol. The first-order chi connectivity index (χ1) is 10.0. The Hall–Kier alpha value is -2.67. The fourth-order valence-corrected chi connectivity index (χ4v) is 2.09. The van der Waals surface area contributed by atoms with Gasteiger partial charge in [0.15, 0.2) is 11.5 Å². The van der Waals surface area contributed by atoms with Gasteiger partial charge in [-0.2, -0.15) is 0 Å². The van der Waals surface area contributed by atoms with Gasteiger partial charge in [0.1, 0.15) is 12.1 Å². The molecule has 106 valence electrons. The molecule has 0 bridgehead atoms. The van der Waals surface area contributed by atoms with E-state index in [1.807, 2.05) is 0 Å². The molecule has 0 spiro atoms. The zero-order valence-corrected chi connectivity index (χ0v) is 11.3. The van der Waals surface area contributed by atoms with Crippen molar-refractivity contribution in [2.45, 2.75) is 6.54 Å². The van der Waals surface area contributed by atoms with E-state index in [4.69, 9.17) is 16.7 Å². The Kier molecular flexibility index (Phi) is 3.19. The van der Waals surface area contributed by atoms with Crippen LogP contribution in [0.25, 0.3) is 22.6 Å². The fraction of sp³-hybridized carbons (Fsp3) is 0.0769. The van der Waals surface area contributed by atoms with Gasteiger partial charge < -0.3 is 10.1 Å². The predicted octanol–water partition coefficient (Wildman–Crippen LogP) is 1.52. The van der Waals surface area contributed by atoms with Crippen LogP contribution in [0.2, 0.25) is 5.02 Å². The van der Waals surface area contributed by atoms with Crippen molar-refractivity contribution in [2.75, 3.05) is 0 Å². The molecule has 2 N–H and O–H groups in total. The number of benzene rings is 1. The van der Waals surface area contributed by atoms with Crippen molar-refractivity contribution < 1.29 is 9.90 Å². The molecule has 0 atom stereocenters. The molecule has 0 aliphatic carbocycles. The SMILES string of the molecule is O=C(O)Cn1c(=O)[nH]c2cnc(-c3ccc(Cl)cc3)nc21. The lowest BCUT2D eigenvalue weighted by atomic mass is 10.2. The minimum atomic E-state index is -1.12. The van der Waals surface area contributed by atoms with Crippen LogP contribution in [0, 0.1) is 0 Å². The monoisotopic (exact) mass is 304 g/mol. The van der Waals surface area contributed by atoms with Crippen LogP contribution in [0.4, 0.5) is 0 Å². The van der Waals surface area contributed by atoms with Gasteiger partial charge >= 0.3 is 11.7 Å². The van der Waals surface area contributed by atoms with Crippen LogP contribution in [-0.4, -0.2) is 30.6 Å². The summed E-state index contributed by atoms with van der Waals surface area (Å²) >= 11 is 5.82. The number of H-pyrrole nitrogens is 1. The van der Waals surface area contributed by atoms with Crippen molar-refractivity contribution in [3.63, 3.8) is 0 Å². The summed E-state index contributed by atoms with van der Waals surface area (Å²) in [6, 6.07) is 6.89. The normalized spacial score (nSPS) is 10.9. The van der Waals surface area contributed by atoms with Gasteiger partial charge in [0, 0.05) is 10.6 Å². The Balaban J connectivity index is 2.16. The highest BCUT2D eigenvalue weighted by atomic mass is 35.5. The summed E-state index contributed by atoms with van der Waals surface area (Å²) in [4.78, 5) is 33.5. The lowest BCUT2D eigenvalue weighted by molar-refractivity contribution is -0.137. The van der Waals surface area contributed by atoms with E-state index in [1.54, 1.807) is 24.3 Å². The molecule has 8 heteroatoms. The Morgan fingerprint density at radius 3 is 2.71 bits per heavy atom. The maximum absolute atomic E-state index is 11.7.